The van der Waals surface area contributed by atoms with Crippen LogP contribution in [0.2, 0.25) is 0 Å². The van der Waals surface area contributed by atoms with Crippen molar-refractivity contribution in [3.05, 3.63) is 315 Å². The predicted molar refractivity (Wildman–Crippen MR) is 383 cm³/mol. The number of aromatic nitrogens is 10. The second-order valence-corrected chi connectivity index (χ2v) is 23.8. The van der Waals surface area contributed by atoms with E-state index in [1.165, 1.54) is 0 Å². The van der Waals surface area contributed by atoms with E-state index in [4.69, 9.17) is 29.9 Å². The minimum absolute atomic E-state index is 0.543. The summed E-state index contributed by atoms with van der Waals surface area (Å²) in [7, 11) is 0. The summed E-state index contributed by atoms with van der Waals surface area (Å²) in [6.07, 6.45) is 0. The molecule has 0 fully saturated rings. The van der Waals surface area contributed by atoms with Crippen LogP contribution < -0.4 is 0 Å². The van der Waals surface area contributed by atoms with Gasteiger partial charge in [0.25, 0.3) is 0 Å². The SMILES string of the molecule is c1ccc(-c2nc(-c3ccccc3)nc(-n3c4ccccc4c4ccc5c6ccccc6n(-c6ccc(-c7ccccc7-c7cccc(-n8c9ccccc9c9ccc%10c%11ccccc%11n(-c%11nc(-c%12ccccc%12)nc(-c%12ccccc%12)n%11)c%10c98)c7)cc6)c5c43)n2)cc1. The third-order valence-electron chi connectivity index (χ3n) is 18.5. The fraction of sp³-hybridized carbons (Fsp3) is 0. The molecule has 438 valence electrons. The maximum absolute atomic E-state index is 5.35. The molecule has 0 saturated heterocycles. The van der Waals surface area contributed by atoms with Gasteiger partial charge in [-0.15, -0.1) is 0 Å². The van der Waals surface area contributed by atoms with Gasteiger partial charge >= 0.3 is 0 Å². The van der Waals surface area contributed by atoms with Crippen molar-refractivity contribution < 1.29 is 0 Å². The molecule has 6 aromatic heterocycles. The van der Waals surface area contributed by atoms with Gasteiger partial charge in [0.2, 0.25) is 11.9 Å². The highest BCUT2D eigenvalue weighted by atomic mass is 15.2. The third kappa shape index (κ3) is 8.36. The Bertz CT molecular complexity index is 6090. The molecule has 0 N–H and O–H groups in total. The van der Waals surface area contributed by atoms with E-state index < -0.39 is 0 Å². The van der Waals surface area contributed by atoms with Gasteiger partial charge in [-0.25, -0.2) is 9.97 Å². The lowest BCUT2D eigenvalue weighted by Crippen LogP contribution is -2.07. The van der Waals surface area contributed by atoms with Crippen LogP contribution >= 0.6 is 0 Å². The van der Waals surface area contributed by atoms with Crippen LogP contribution in [0, 0.1) is 0 Å². The summed E-state index contributed by atoms with van der Waals surface area (Å²) in [5.41, 5.74) is 18.5. The zero-order valence-corrected chi connectivity index (χ0v) is 50.5. The molecule has 19 aromatic rings. The van der Waals surface area contributed by atoms with Crippen molar-refractivity contribution in [1.29, 1.82) is 0 Å². The Hall–Kier alpha value is -12.9. The van der Waals surface area contributed by atoms with Crippen LogP contribution in [0.4, 0.5) is 0 Å². The molecule has 0 amide bonds. The van der Waals surface area contributed by atoms with E-state index in [1.807, 2.05) is 72.8 Å². The van der Waals surface area contributed by atoms with E-state index in [-0.39, 0.29) is 0 Å². The van der Waals surface area contributed by atoms with Gasteiger partial charge in [0.1, 0.15) is 0 Å². The molecule has 0 bridgehead atoms. The second-order valence-electron chi connectivity index (χ2n) is 23.8. The number of rotatable bonds is 10. The van der Waals surface area contributed by atoms with Gasteiger partial charge < -0.3 is 9.13 Å². The number of para-hydroxylation sites is 4. The first-order valence-electron chi connectivity index (χ1n) is 31.6. The topological polar surface area (TPSA) is 97.1 Å². The standard InChI is InChI=1S/C84H52N10/c1-5-24-54(25-6-1)79-85-80(55-26-7-2-8-27-55)88-83(87-79)93-73-42-21-17-38-65(73)69-50-48-67-63-36-15-19-40-71(63)91(75(67)77(69)93)59-46-44-53(45-47-59)61-34-13-14-35-62(61)58-32-23-33-60(52-58)92-72-41-20-16-37-64(72)68-49-51-70-66-39-18-22-43-74(66)94(78(70)76(68)92)84-89-81(56-28-9-3-10-29-56)86-82(90-84)57-30-11-4-12-31-57/h1-52H. The van der Waals surface area contributed by atoms with E-state index >= 15 is 0 Å². The molecule has 0 radical (unpaired) electrons. The smallest absolute Gasteiger partial charge is 0.238 e. The maximum Gasteiger partial charge on any atom is 0.238 e. The molecule has 0 spiro atoms. The average molecular weight is 1200 g/mol. The summed E-state index contributed by atoms with van der Waals surface area (Å²) in [5.74, 6) is 3.50. The first-order chi connectivity index (χ1) is 46.6. The van der Waals surface area contributed by atoms with Gasteiger partial charge in [0.15, 0.2) is 23.3 Å². The van der Waals surface area contributed by atoms with Crippen LogP contribution in [0.25, 0.3) is 178 Å². The highest BCUT2D eigenvalue weighted by molar-refractivity contribution is 6.25. The lowest BCUT2D eigenvalue weighted by Gasteiger charge is -2.16. The minimum atomic E-state index is 0.543. The zero-order valence-electron chi connectivity index (χ0n) is 50.5. The molecule has 10 heteroatoms. The Kier molecular flexibility index (Phi) is 12.0. The number of nitrogens with zero attached hydrogens (tertiary/aromatic N) is 10. The van der Waals surface area contributed by atoms with Crippen LogP contribution in [0.3, 0.4) is 0 Å². The third-order valence-corrected chi connectivity index (χ3v) is 18.5. The van der Waals surface area contributed by atoms with Crippen LogP contribution in [-0.2, 0) is 0 Å². The Labute approximate surface area is 538 Å². The molecule has 0 atom stereocenters. The second kappa shape index (κ2) is 21.4. The van der Waals surface area contributed by atoms with Crippen LogP contribution in [0.1, 0.15) is 0 Å². The summed E-state index contributed by atoms with van der Waals surface area (Å²) >= 11 is 0. The molecular formula is C84H52N10. The van der Waals surface area contributed by atoms with Crippen LogP contribution in [0.15, 0.2) is 315 Å². The predicted octanol–water partition coefficient (Wildman–Crippen LogP) is 20.4. The van der Waals surface area contributed by atoms with Gasteiger partial charge in [-0.05, 0) is 70.8 Å². The Morgan fingerprint density at radius 3 is 0.862 bits per heavy atom. The van der Waals surface area contributed by atoms with Crippen molar-refractivity contribution in [3.63, 3.8) is 0 Å². The Morgan fingerprint density at radius 2 is 0.479 bits per heavy atom. The summed E-state index contributed by atoms with van der Waals surface area (Å²) in [5, 5.41) is 8.99. The van der Waals surface area contributed by atoms with Gasteiger partial charge in [0, 0.05) is 76.7 Å². The average Bonchev–Trinajstić information content (AvgIpc) is 1.55. The number of hydrogen-bond donors (Lipinski definition) is 0. The largest absolute Gasteiger partial charge is 0.307 e. The first-order valence-corrected chi connectivity index (χ1v) is 31.6. The quantitative estimate of drug-likeness (QED) is 0.135. The molecule has 0 aliphatic rings. The lowest BCUT2D eigenvalue weighted by atomic mass is 9.94. The lowest BCUT2D eigenvalue weighted by molar-refractivity contribution is 0.953. The van der Waals surface area contributed by atoms with Gasteiger partial charge in [-0.3, -0.25) is 9.13 Å². The Balaban J connectivity index is 0.775. The number of fused-ring (bicyclic) bond motifs is 14. The van der Waals surface area contributed by atoms with Crippen molar-refractivity contribution >= 4 is 87.2 Å². The van der Waals surface area contributed by atoms with Crippen molar-refractivity contribution in [3.8, 4) is 91.1 Å². The normalized spacial score (nSPS) is 11.8. The van der Waals surface area contributed by atoms with E-state index in [2.05, 4.69) is 261 Å². The van der Waals surface area contributed by atoms with Gasteiger partial charge in [-0.2, -0.15) is 19.9 Å². The van der Waals surface area contributed by atoms with Crippen molar-refractivity contribution in [2.75, 3.05) is 0 Å². The maximum atomic E-state index is 5.35. The molecule has 6 heterocycles. The summed E-state index contributed by atoms with van der Waals surface area (Å²) in [6, 6.07) is 111. The molecule has 0 aliphatic heterocycles. The zero-order chi connectivity index (χ0) is 61.8. The van der Waals surface area contributed by atoms with Crippen LogP contribution in [-0.4, -0.2) is 48.2 Å². The summed E-state index contributed by atoms with van der Waals surface area (Å²) in [4.78, 5) is 31.6. The molecule has 10 nitrogen and oxygen atoms in total. The molecular weight excluding hydrogens is 1150 g/mol. The van der Waals surface area contributed by atoms with E-state index in [0.717, 1.165) is 143 Å². The fourth-order valence-electron chi connectivity index (χ4n) is 14.3. The molecule has 0 aliphatic carbocycles. The molecule has 0 unspecified atom stereocenters. The van der Waals surface area contributed by atoms with Crippen molar-refractivity contribution in [2.45, 2.75) is 0 Å². The monoisotopic (exact) mass is 1200 g/mol. The van der Waals surface area contributed by atoms with Crippen molar-refractivity contribution in [1.82, 2.24) is 48.2 Å². The molecule has 19 rings (SSSR count). The molecule has 94 heavy (non-hydrogen) atoms. The summed E-state index contributed by atoms with van der Waals surface area (Å²) < 4.78 is 9.37. The fourth-order valence-corrected chi connectivity index (χ4v) is 14.3. The summed E-state index contributed by atoms with van der Waals surface area (Å²) in [6.45, 7) is 0. The number of benzene rings is 13. The minimum Gasteiger partial charge on any atom is -0.307 e. The highest BCUT2D eigenvalue weighted by Gasteiger charge is 2.27. The van der Waals surface area contributed by atoms with E-state index in [9.17, 15) is 0 Å². The van der Waals surface area contributed by atoms with Gasteiger partial charge in [-0.1, -0.05) is 267 Å². The van der Waals surface area contributed by atoms with E-state index in [0.29, 0.717) is 35.2 Å². The van der Waals surface area contributed by atoms with Crippen molar-refractivity contribution in [2.24, 2.45) is 0 Å². The van der Waals surface area contributed by atoms with Gasteiger partial charge in [0.05, 0.1) is 44.1 Å². The van der Waals surface area contributed by atoms with E-state index in [1.54, 1.807) is 0 Å². The van der Waals surface area contributed by atoms with Crippen LogP contribution in [0.5, 0.6) is 0 Å². The number of hydrogen-bond acceptors (Lipinski definition) is 6. The highest BCUT2D eigenvalue weighted by Crippen LogP contribution is 2.45. The molecule has 0 saturated carbocycles. The first kappa shape index (κ1) is 53.0. The molecule has 13 aromatic carbocycles. The Morgan fingerprint density at radius 1 is 0.181 bits per heavy atom.